The van der Waals surface area contributed by atoms with Crippen molar-refractivity contribution < 1.29 is 15.4 Å². The highest BCUT2D eigenvalue weighted by Crippen LogP contribution is 2.28. The molecule has 140 valence electrons. The SMILES string of the molecule is COC(=O)c1ccccc1-c1cnc(C)c(-c2nnc(-c3ccccc3)o2)n1.[HH]. The number of carbonyl (C=O) groups is 1. The third-order valence-corrected chi connectivity index (χ3v) is 4.21. The second-order valence-electron chi connectivity index (χ2n) is 6.00. The largest absolute Gasteiger partial charge is 0.465 e. The molecule has 0 amide bonds. The predicted octanol–water partition coefficient (Wildman–Crippen LogP) is 4.20. The maximum Gasteiger partial charge on any atom is 0.338 e. The third-order valence-electron chi connectivity index (χ3n) is 4.21. The van der Waals surface area contributed by atoms with Crippen molar-refractivity contribution in [3.8, 4) is 34.3 Å². The van der Waals surface area contributed by atoms with Gasteiger partial charge in [-0.05, 0) is 25.1 Å². The van der Waals surface area contributed by atoms with E-state index < -0.39 is 5.97 Å². The van der Waals surface area contributed by atoms with Gasteiger partial charge in [-0.1, -0.05) is 36.4 Å². The first-order chi connectivity index (χ1) is 13.7. The summed E-state index contributed by atoms with van der Waals surface area (Å²) in [5, 5.41) is 8.23. The first kappa shape index (κ1) is 17.5. The van der Waals surface area contributed by atoms with Crippen LogP contribution in [0.2, 0.25) is 0 Å². The summed E-state index contributed by atoms with van der Waals surface area (Å²) in [6.07, 6.45) is 1.61. The fraction of sp³-hybridized carbons (Fsp3) is 0.0952. The van der Waals surface area contributed by atoms with Crippen LogP contribution in [0.1, 0.15) is 17.5 Å². The van der Waals surface area contributed by atoms with Gasteiger partial charge in [0, 0.05) is 12.6 Å². The number of carbonyl (C=O) groups excluding carboxylic acids is 1. The molecule has 28 heavy (non-hydrogen) atoms. The molecule has 4 rings (SSSR count). The van der Waals surface area contributed by atoms with Gasteiger partial charge in [-0.15, -0.1) is 10.2 Å². The maximum atomic E-state index is 12.1. The molecule has 0 aliphatic carbocycles. The van der Waals surface area contributed by atoms with Crippen molar-refractivity contribution in [3.63, 3.8) is 0 Å². The fourth-order valence-corrected chi connectivity index (χ4v) is 2.79. The van der Waals surface area contributed by atoms with Crippen LogP contribution in [0.5, 0.6) is 0 Å². The summed E-state index contributed by atoms with van der Waals surface area (Å²) in [4.78, 5) is 21.1. The highest BCUT2D eigenvalue weighted by atomic mass is 16.5. The molecule has 0 spiro atoms. The number of nitrogens with zero attached hydrogens (tertiary/aromatic N) is 4. The van der Waals surface area contributed by atoms with Gasteiger partial charge in [0.05, 0.1) is 30.3 Å². The van der Waals surface area contributed by atoms with Gasteiger partial charge in [-0.2, -0.15) is 0 Å². The Morgan fingerprint density at radius 1 is 1.00 bits per heavy atom. The Bertz CT molecular complexity index is 1150. The van der Waals surface area contributed by atoms with Gasteiger partial charge in [0.1, 0.15) is 5.69 Å². The number of aromatic nitrogens is 4. The average Bonchev–Trinajstić information content (AvgIpc) is 3.24. The smallest absolute Gasteiger partial charge is 0.338 e. The van der Waals surface area contributed by atoms with Crippen molar-refractivity contribution in [3.05, 3.63) is 72.1 Å². The van der Waals surface area contributed by atoms with E-state index in [-0.39, 0.29) is 7.32 Å². The zero-order valence-corrected chi connectivity index (χ0v) is 15.3. The molecule has 0 aliphatic heterocycles. The number of rotatable bonds is 4. The molecule has 7 nitrogen and oxygen atoms in total. The number of benzene rings is 2. The Balaban J connectivity index is 0.00000240. The minimum atomic E-state index is -0.441. The molecule has 0 fully saturated rings. The molecule has 0 bridgehead atoms. The molecule has 0 radical (unpaired) electrons. The van der Waals surface area contributed by atoms with Crippen molar-refractivity contribution in [1.29, 1.82) is 0 Å². The summed E-state index contributed by atoms with van der Waals surface area (Å²) in [5.41, 5.74) is 3.46. The molecule has 0 atom stereocenters. The minimum Gasteiger partial charge on any atom is -0.465 e. The lowest BCUT2D eigenvalue weighted by molar-refractivity contribution is 0.0601. The molecular weight excluding hydrogens is 356 g/mol. The van der Waals surface area contributed by atoms with E-state index in [1.165, 1.54) is 7.11 Å². The lowest BCUT2D eigenvalue weighted by atomic mass is 10.0. The number of hydrogen-bond acceptors (Lipinski definition) is 7. The Labute approximate surface area is 162 Å². The third kappa shape index (κ3) is 3.25. The molecular formula is C21H18N4O3. The zero-order valence-electron chi connectivity index (χ0n) is 15.3. The van der Waals surface area contributed by atoms with Crippen LogP contribution in [0, 0.1) is 6.92 Å². The lowest BCUT2D eigenvalue weighted by Crippen LogP contribution is -2.05. The van der Waals surface area contributed by atoms with Crippen molar-refractivity contribution in [1.82, 2.24) is 20.2 Å². The Morgan fingerprint density at radius 3 is 2.50 bits per heavy atom. The van der Waals surface area contributed by atoms with E-state index >= 15 is 0 Å². The number of esters is 1. The summed E-state index contributed by atoms with van der Waals surface area (Å²) in [6.45, 7) is 1.81. The second-order valence-corrected chi connectivity index (χ2v) is 6.00. The predicted molar refractivity (Wildman–Crippen MR) is 104 cm³/mol. The van der Waals surface area contributed by atoms with Gasteiger partial charge in [-0.25, -0.2) is 9.78 Å². The summed E-state index contributed by atoms with van der Waals surface area (Å²) in [5.74, 6) is 0.224. The normalized spacial score (nSPS) is 10.6. The van der Waals surface area contributed by atoms with Gasteiger partial charge in [-0.3, -0.25) is 4.98 Å². The molecule has 0 saturated carbocycles. The summed E-state index contributed by atoms with van der Waals surface area (Å²) in [6, 6.07) is 16.5. The molecule has 2 aromatic carbocycles. The van der Waals surface area contributed by atoms with Gasteiger partial charge >= 0.3 is 5.97 Å². The van der Waals surface area contributed by atoms with Crippen LogP contribution in [0.4, 0.5) is 0 Å². The van der Waals surface area contributed by atoms with E-state index in [0.717, 1.165) is 5.56 Å². The molecule has 0 N–H and O–H groups in total. The highest BCUT2D eigenvalue weighted by molar-refractivity contribution is 5.96. The molecule has 0 unspecified atom stereocenters. The van der Waals surface area contributed by atoms with Crippen LogP contribution in [0.3, 0.4) is 0 Å². The highest BCUT2D eigenvalue weighted by Gasteiger charge is 2.18. The van der Waals surface area contributed by atoms with E-state index in [4.69, 9.17) is 9.15 Å². The standard InChI is InChI=1S/C21H16N4O3.H2/c1-13-18(20-25-24-19(28-20)14-8-4-3-5-9-14)23-17(12-22-13)15-10-6-7-11-16(15)21(26)27-2;/h3-12H,1-2H3;1H. The average molecular weight is 374 g/mol. The van der Waals surface area contributed by atoms with Crippen LogP contribution >= 0.6 is 0 Å². The molecule has 0 aliphatic rings. The number of ether oxygens (including phenoxy) is 1. The van der Waals surface area contributed by atoms with Crippen molar-refractivity contribution in [2.75, 3.05) is 7.11 Å². The summed E-state index contributed by atoms with van der Waals surface area (Å²) in [7, 11) is 1.34. The molecule has 2 aromatic heterocycles. The van der Waals surface area contributed by atoms with Crippen LogP contribution in [0.25, 0.3) is 34.3 Å². The molecule has 4 aromatic rings. The minimum absolute atomic E-state index is 0. The van der Waals surface area contributed by atoms with Gasteiger partial charge in [0.25, 0.3) is 5.89 Å². The molecule has 0 saturated heterocycles. The van der Waals surface area contributed by atoms with E-state index in [9.17, 15) is 4.79 Å². The van der Waals surface area contributed by atoms with Crippen LogP contribution in [-0.4, -0.2) is 33.2 Å². The van der Waals surface area contributed by atoms with Crippen LogP contribution in [-0.2, 0) is 4.74 Å². The first-order valence-electron chi connectivity index (χ1n) is 8.58. The Hall–Kier alpha value is -3.87. The topological polar surface area (TPSA) is 91.0 Å². The number of aryl methyl sites for hydroxylation is 1. The Morgan fingerprint density at radius 2 is 1.71 bits per heavy atom. The summed E-state index contributed by atoms with van der Waals surface area (Å²) < 4.78 is 10.7. The van der Waals surface area contributed by atoms with E-state index in [2.05, 4.69) is 20.2 Å². The lowest BCUT2D eigenvalue weighted by Gasteiger charge is -2.08. The number of methoxy groups -OCH3 is 1. The first-order valence-corrected chi connectivity index (χ1v) is 8.58. The monoisotopic (exact) mass is 374 g/mol. The van der Waals surface area contributed by atoms with E-state index in [1.807, 2.05) is 43.3 Å². The Kier molecular flexibility index (Phi) is 4.63. The van der Waals surface area contributed by atoms with Crippen molar-refractivity contribution >= 4 is 5.97 Å². The van der Waals surface area contributed by atoms with Crippen LogP contribution in [0.15, 0.2) is 65.2 Å². The molecule has 7 heteroatoms. The van der Waals surface area contributed by atoms with Gasteiger partial charge in [0.15, 0.2) is 0 Å². The van der Waals surface area contributed by atoms with Crippen molar-refractivity contribution in [2.24, 2.45) is 0 Å². The van der Waals surface area contributed by atoms with E-state index in [0.29, 0.717) is 34.1 Å². The van der Waals surface area contributed by atoms with Crippen LogP contribution < -0.4 is 0 Å². The quantitative estimate of drug-likeness (QED) is 0.494. The van der Waals surface area contributed by atoms with Gasteiger partial charge < -0.3 is 9.15 Å². The zero-order chi connectivity index (χ0) is 19.5. The number of hydrogen-bond donors (Lipinski definition) is 0. The van der Waals surface area contributed by atoms with Gasteiger partial charge in [0.2, 0.25) is 5.89 Å². The second kappa shape index (κ2) is 7.40. The molecule has 2 heterocycles. The van der Waals surface area contributed by atoms with Crippen molar-refractivity contribution in [2.45, 2.75) is 6.92 Å². The fourth-order valence-electron chi connectivity index (χ4n) is 2.79. The summed E-state index contributed by atoms with van der Waals surface area (Å²) >= 11 is 0. The van der Waals surface area contributed by atoms with E-state index in [1.54, 1.807) is 24.4 Å². The maximum absolute atomic E-state index is 12.1.